The van der Waals surface area contributed by atoms with E-state index in [1.165, 1.54) is 9.13 Å². The molecule has 2 rings (SSSR count). The van der Waals surface area contributed by atoms with Crippen LogP contribution in [-0.4, -0.2) is 13.2 Å². The number of halogens is 1. The van der Waals surface area contributed by atoms with Gasteiger partial charge in [-0.05, 0) is 53.0 Å². The van der Waals surface area contributed by atoms with Gasteiger partial charge in [0, 0.05) is 22.8 Å². The lowest BCUT2D eigenvalue weighted by atomic mass is 9.88. The number of hydrogen-bond acceptors (Lipinski definition) is 2. The molecule has 15 heavy (non-hydrogen) atoms. The summed E-state index contributed by atoms with van der Waals surface area (Å²) in [6.07, 6.45) is 2.18. The SMILES string of the molecule is NC(c1ccccc1I)C1CCOCC1. The molecule has 82 valence electrons. The van der Waals surface area contributed by atoms with Gasteiger partial charge in [-0.2, -0.15) is 0 Å². The van der Waals surface area contributed by atoms with Crippen molar-refractivity contribution in [3.63, 3.8) is 0 Å². The third-order valence-electron chi connectivity index (χ3n) is 3.04. The molecule has 0 spiro atoms. The Hall–Kier alpha value is -0.130. The molecule has 1 unspecified atom stereocenters. The average Bonchev–Trinajstić information content (AvgIpc) is 2.30. The van der Waals surface area contributed by atoms with E-state index in [-0.39, 0.29) is 6.04 Å². The Morgan fingerprint density at radius 3 is 2.60 bits per heavy atom. The maximum Gasteiger partial charge on any atom is 0.0469 e. The van der Waals surface area contributed by atoms with E-state index in [2.05, 4.69) is 46.9 Å². The molecule has 1 aromatic carbocycles. The summed E-state index contributed by atoms with van der Waals surface area (Å²) in [5.74, 6) is 0.578. The smallest absolute Gasteiger partial charge is 0.0469 e. The zero-order chi connectivity index (χ0) is 10.7. The highest BCUT2D eigenvalue weighted by Crippen LogP contribution is 2.30. The van der Waals surface area contributed by atoms with Gasteiger partial charge in [-0.25, -0.2) is 0 Å². The minimum atomic E-state index is 0.169. The molecule has 2 nitrogen and oxygen atoms in total. The van der Waals surface area contributed by atoms with Crippen LogP contribution in [0.15, 0.2) is 24.3 Å². The van der Waals surface area contributed by atoms with Crippen LogP contribution in [-0.2, 0) is 4.74 Å². The molecule has 1 aliphatic rings. The van der Waals surface area contributed by atoms with E-state index in [1.54, 1.807) is 0 Å². The molecule has 1 aromatic rings. The van der Waals surface area contributed by atoms with Crippen molar-refractivity contribution in [2.24, 2.45) is 11.7 Å². The lowest BCUT2D eigenvalue weighted by molar-refractivity contribution is 0.0583. The molecule has 1 fully saturated rings. The first-order valence-corrected chi connectivity index (χ1v) is 6.44. The van der Waals surface area contributed by atoms with Gasteiger partial charge in [-0.15, -0.1) is 0 Å². The van der Waals surface area contributed by atoms with E-state index in [4.69, 9.17) is 10.5 Å². The summed E-state index contributed by atoms with van der Waals surface area (Å²) < 4.78 is 6.63. The van der Waals surface area contributed by atoms with Crippen LogP contribution in [0.5, 0.6) is 0 Å². The molecular weight excluding hydrogens is 301 g/mol. The molecule has 0 amide bonds. The van der Waals surface area contributed by atoms with Crippen molar-refractivity contribution in [3.05, 3.63) is 33.4 Å². The van der Waals surface area contributed by atoms with Crippen LogP contribution in [0.2, 0.25) is 0 Å². The predicted octanol–water partition coefficient (Wildman–Crippen LogP) is 2.72. The van der Waals surface area contributed by atoms with Crippen molar-refractivity contribution in [2.75, 3.05) is 13.2 Å². The van der Waals surface area contributed by atoms with E-state index in [0.29, 0.717) is 5.92 Å². The number of nitrogens with two attached hydrogens (primary N) is 1. The van der Waals surface area contributed by atoms with Gasteiger partial charge in [0.2, 0.25) is 0 Å². The molecule has 3 heteroatoms. The van der Waals surface area contributed by atoms with Crippen LogP contribution < -0.4 is 5.73 Å². The first kappa shape index (κ1) is 11.4. The Morgan fingerprint density at radius 2 is 1.93 bits per heavy atom. The van der Waals surface area contributed by atoms with Crippen molar-refractivity contribution in [2.45, 2.75) is 18.9 Å². The van der Waals surface area contributed by atoms with Crippen molar-refractivity contribution in [1.82, 2.24) is 0 Å². The first-order valence-electron chi connectivity index (χ1n) is 5.37. The first-order chi connectivity index (χ1) is 7.29. The molecule has 0 aliphatic carbocycles. The fourth-order valence-electron chi connectivity index (χ4n) is 2.07. The van der Waals surface area contributed by atoms with E-state index >= 15 is 0 Å². The molecule has 0 saturated carbocycles. The quantitative estimate of drug-likeness (QED) is 0.851. The molecule has 1 atom stereocenters. The zero-order valence-electron chi connectivity index (χ0n) is 8.66. The minimum absolute atomic E-state index is 0.169. The van der Waals surface area contributed by atoms with Crippen LogP contribution in [0.1, 0.15) is 24.4 Å². The van der Waals surface area contributed by atoms with E-state index in [9.17, 15) is 0 Å². The van der Waals surface area contributed by atoms with Crippen molar-refractivity contribution in [1.29, 1.82) is 0 Å². The van der Waals surface area contributed by atoms with Gasteiger partial charge < -0.3 is 10.5 Å². The molecule has 1 aliphatic heterocycles. The number of benzene rings is 1. The zero-order valence-corrected chi connectivity index (χ0v) is 10.8. The van der Waals surface area contributed by atoms with Gasteiger partial charge in [0.1, 0.15) is 0 Å². The van der Waals surface area contributed by atoms with E-state index in [0.717, 1.165) is 26.1 Å². The number of ether oxygens (including phenoxy) is 1. The molecular formula is C12H16INO. The summed E-state index contributed by atoms with van der Waals surface area (Å²) in [6.45, 7) is 1.73. The highest BCUT2D eigenvalue weighted by atomic mass is 127. The third-order valence-corrected chi connectivity index (χ3v) is 4.02. The van der Waals surface area contributed by atoms with E-state index in [1.807, 2.05) is 0 Å². The van der Waals surface area contributed by atoms with Gasteiger partial charge in [0.05, 0.1) is 0 Å². The summed E-state index contributed by atoms with van der Waals surface area (Å²) in [7, 11) is 0. The summed E-state index contributed by atoms with van der Waals surface area (Å²) in [4.78, 5) is 0. The Balaban J connectivity index is 2.12. The highest BCUT2D eigenvalue weighted by molar-refractivity contribution is 14.1. The van der Waals surface area contributed by atoms with Crippen LogP contribution in [0.4, 0.5) is 0 Å². The van der Waals surface area contributed by atoms with Crippen LogP contribution in [0.3, 0.4) is 0 Å². The van der Waals surface area contributed by atoms with Gasteiger partial charge in [-0.3, -0.25) is 0 Å². The minimum Gasteiger partial charge on any atom is -0.381 e. The Morgan fingerprint density at radius 1 is 1.27 bits per heavy atom. The van der Waals surface area contributed by atoms with Crippen LogP contribution >= 0.6 is 22.6 Å². The predicted molar refractivity (Wildman–Crippen MR) is 69.6 cm³/mol. The number of hydrogen-bond donors (Lipinski definition) is 1. The molecule has 1 heterocycles. The summed E-state index contributed by atoms with van der Waals surface area (Å²) in [6, 6.07) is 8.55. The topological polar surface area (TPSA) is 35.2 Å². The van der Waals surface area contributed by atoms with Gasteiger partial charge in [-0.1, -0.05) is 18.2 Å². The van der Waals surface area contributed by atoms with Gasteiger partial charge >= 0.3 is 0 Å². The third kappa shape index (κ3) is 2.71. The normalized spacial score (nSPS) is 20.1. The Kier molecular flexibility index (Phi) is 3.99. The lowest BCUT2D eigenvalue weighted by Gasteiger charge is -2.28. The number of rotatable bonds is 2. The van der Waals surface area contributed by atoms with Crippen LogP contribution in [0, 0.1) is 9.49 Å². The second-order valence-electron chi connectivity index (χ2n) is 4.00. The fraction of sp³-hybridized carbons (Fsp3) is 0.500. The maximum absolute atomic E-state index is 6.31. The monoisotopic (exact) mass is 317 g/mol. The summed E-state index contributed by atoms with van der Waals surface area (Å²) in [5, 5.41) is 0. The van der Waals surface area contributed by atoms with Gasteiger partial charge in [0.15, 0.2) is 0 Å². The maximum atomic E-state index is 6.31. The summed E-state index contributed by atoms with van der Waals surface area (Å²) >= 11 is 2.36. The van der Waals surface area contributed by atoms with Crippen molar-refractivity contribution < 1.29 is 4.74 Å². The molecule has 0 bridgehead atoms. The molecule has 2 N–H and O–H groups in total. The second kappa shape index (κ2) is 5.27. The van der Waals surface area contributed by atoms with Crippen molar-refractivity contribution >= 4 is 22.6 Å². The second-order valence-corrected chi connectivity index (χ2v) is 5.16. The highest BCUT2D eigenvalue weighted by Gasteiger charge is 2.23. The molecule has 0 aromatic heterocycles. The largest absolute Gasteiger partial charge is 0.381 e. The molecule has 1 saturated heterocycles. The lowest BCUT2D eigenvalue weighted by Crippen LogP contribution is -2.27. The van der Waals surface area contributed by atoms with Gasteiger partial charge in [0.25, 0.3) is 0 Å². The van der Waals surface area contributed by atoms with Crippen molar-refractivity contribution in [3.8, 4) is 0 Å². The van der Waals surface area contributed by atoms with E-state index < -0.39 is 0 Å². The fourth-order valence-corrected chi connectivity index (χ4v) is 2.82. The summed E-state index contributed by atoms with van der Waals surface area (Å²) in [5.41, 5.74) is 7.59. The molecule has 0 radical (unpaired) electrons. The standard InChI is InChI=1S/C12H16INO/c13-11-4-2-1-3-10(11)12(14)9-5-7-15-8-6-9/h1-4,9,12H,5-8,14H2. The Labute approximate surface area is 104 Å². The Bertz CT molecular complexity index is 323. The van der Waals surface area contributed by atoms with Crippen LogP contribution in [0.25, 0.3) is 0 Å². The average molecular weight is 317 g/mol.